The van der Waals surface area contributed by atoms with Crippen molar-refractivity contribution < 1.29 is 9.90 Å². The topological polar surface area (TPSA) is 79.1 Å². The van der Waals surface area contributed by atoms with Gasteiger partial charge < -0.3 is 15.8 Å². The van der Waals surface area contributed by atoms with Gasteiger partial charge in [-0.25, -0.2) is 0 Å². The molecule has 0 unspecified atom stereocenters. The molecule has 4 N–H and O–H groups in total. The molecular formula is C11H12N2O2Pb. The SMILES string of the molecule is N[C@@H](Cc1c[nH]c2ccccc12)C(=O)O.[Pb]. The quantitative estimate of drug-likeness (QED) is 0.652. The third-order valence-corrected chi connectivity index (χ3v) is 2.43. The van der Waals surface area contributed by atoms with Crippen molar-refractivity contribution in [3.05, 3.63) is 36.0 Å². The maximum atomic E-state index is 10.6. The summed E-state index contributed by atoms with van der Waals surface area (Å²) in [5.41, 5.74) is 7.43. The van der Waals surface area contributed by atoms with E-state index in [1.54, 1.807) is 0 Å². The minimum absolute atomic E-state index is 0. The molecule has 0 saturated heterocycles. The van der Waals surface area contributed by atoms with Gasteiger partial charge >= 0.3 is 5.97 Å². The first-order valence-corrected chi connectivity index (χ1v) is 4.72. The second-order valence-electron chi connectivity index (χ2n) is 3.51. The Labute approximate surface area is 113 Å². The van der Waals surface area contributed by atoms with Crippen molar-refractivity contribution in [2.45, 2.75) is 12.5 Å². The first-order chi connectivity index (χ1) is 7.18. The maximum Gasteiger partial charge on any atom is 0.320 e. The van der Waals surface area contributed by atoms with Crippen LogP contribution in [-0.2, 0) is 11.2 Å². The first-order valence-electron chi connectivity index (χ1n) is 4.72. The van der Waals surface area contributed by atoms with Crippen LogP contribution in [0.1, 0.15) is 5.56 Å². The van der Waals surface area contributed by atoms with Gasteiger partial charge in [-0.1, -0.05) is 18.2 Å². The molecule has 4 nitrogen and oxygen atoms in total. The number of carbonyl (C=O) groups is 1. The number of para-hydroxylation sites is 1. The number of benzene rings is 1. The number of nitrogens with one attached hydrogen (secondary N) is 1. The fourth-order valence-corrected chi connectivity index (χ4v) is 1.62. The molecule has 0 bridgehead atoms. The Morgan fingerprint density at radius 2 is 2.12 bits per heavy atom. The van der Waals surface area contributed by atoms with E-state index in [9.17, 15) is 4.79 Å². The summed E-state index contributed by atoms with van der Waals surface area (Å²) >= 11 is 0. The fourth-order valence-electron chi connectivity index (χ4n) is 1.62. The molecule has 1 aromatic heterocycles. The molecule has 0 aliphatic rings. The Kier molecular flexibility index (Phi) is 4.48. The van der Waals surface area contributed by atoms with Crippen molar-refractivity contribution in [2.24, 2.45) is 5.73 Å². The van der Waals surface area contributed by atoms with Crippen LogP contribution in [0.3, 0.4) is 0 Å². The van der Waals surface area contributed by atoms with Gasteiger partial charge in [-0.15, -0.1) is 0 Å². The van der Waals surface area contributed by atoms with Gasteiger partial charge in [-0.2, -0.15) is 0 Å². The standard InChI is InChI=1S/C11H12N2O2.Pb/c12-9(11(14)15)5-7-6-13-10-4-2-1-3-8(7)10;/h1-4,6,9,13H,5,12H2,(H,14,15);/t9-;/m0./s1. The number of hydrogen-bond acceptors (Lipinski definition) is 2. The van der Waals surface area contributed by atoms with Gasteiger partial charge in [0.25, 0.3) is 0 Å². The zero-order valence-corrected chi connectivity index (χ0v) is 12.5. The smallest absolute Gasteiger partial charge is 0.320 e. The summed E-state index contributed by atoms with van der Waals surface area (Å²) < 4.78 is 0. The number of carboxylic acid groups (broad SMARTS) is 1. The minimum Gasteiger partial charge on any atom is -0.480 e. The predicted octanol–water partition coefficient (Wildman–Crippen LogP) is 0.742. The second kappa shape index (κ2) is 5.44. The molecule has 0 aliphatic carbocycles. The molecule has 2 rings (SSSR count). The Morgan fingerprint density at radius 1 is 1.44 bits per heavy atom. The third-order valence-electron chi connectivity index (χ3n) is 2.43. The van der Waals surface area contributed by atoms with Crippen LogP contribution in [0.2, 0.25) is 0 Å². The summed E-state index contributed by atoms with van der Waals surface area (Å²) in [4.78, 5) is 13.7. The van der Waals surface area contributed by atoms with Gasteiger partial charge in [-0.3, -0.25) is 4.79 Å². The Bertz CT molecular complexity index is 495. The van der Waals surface area contributed by atoms with Crippen LogP contribution in [0.5, 0.6) is 0 Å². The van der Waals surface area contributed by atoms with E-state index in [1.807, 2.05) is 30.5 Å². The molecule has 0 spiro atoms. The van der Waals surface area contributed by atoms with Gasteiger partial charge in [0.05, 0.1) is 0 Å². The molecule has 0 aliphatic heterocycles. The molecule has 0 saturated carbocycles. The van der Waals surface area contributed by atoms with Crippen LogP contribution in [0.4, 0.5) is 0 Å². The van der Waals surface area contributed by atoms with Crippen molar-refractivity contribution in [3.63, 3.8) is 0 Å². The molecule has 1 atom stereocenters. The van der Waals surface area contributed by atoms with E-state index in [4.69, 9.17) is 10.8 Å². The van der Waals surface area contributed by atoms with Gasteiger partial charge in [0.15, 0.2) is 0 Å². The van der Waals surface area contributed by atoms with Crippen molar-refractivity contribution >= 4 is 44.2 Å². The number of aromatic nitrogens is 1. The van der Waals surface area contributed by atoms with Crippen LogP contribution in [0, 0.1) is 0 Å². The van der Waals surface area contributed by atoms with Crippen molar-refractivity contribution in [1.29, 1.82) is 0 Å². The van der Waals surface area contributed by atoms with Gasteiger partial charge in [0.2, 0.25) is 0 Å². The van der Waals surface area contributed by atoms with Crippen LogP contribution in [0.25, 0.3) is 10.9 Å². The maximum absolute atomic E-state index is 10.6. The molecule has 4 radical (unpaired) electrons. The largest absolute Gasteiger partial charge is 0.480 e. The van der Waals surface area contributed by atoms with E-state index < -0.39 is 12.0 Å². The van der Waals surface area contributed by atoms with Gasteiger partial charge in [0, 0.05) is 50.8 Å². The number of H-pyrrole nitrogens is 1. The number of fused-ring (bicyclic) bond motifs is 1. The number of rotatable bonds is 3. The molecule has 1 heterocycles. The van der Waals surface area contributed by atoms with Gasteiger partial charge in [0.1, 0.15) is 6.04 Å². The van der Waals surface area contributed by atoms with Crippen LogP contribution < -0.4 is 5.73 Å². The Morgan fingerprint density at radius 3 is 2.81 bits per heavy atom. The zero-order chi connectivity index (χ0) is 10.8. The average molecular weight is 411 g/mol. The zero-order valence-electron chi connectivity index (χ0n) is 8.60. The first kappa shape index (κ1) is 13.2. The van der Waals surface area contributed by atoms with E-state index in [2.05, 4.69) is 4.98 Å². The Hall–Kier alpha value is -0.888. The van der Waals surface area contributed by atoms with E-state index in [0.29, 0.717) is 6.42 Å². The molecule has 16 heavy (non-hydrogen) atoms. The van der Waals surface area contributed by atoms with Crippen molar-refractivity contribution in [1.82, 2.24) is 4.98 Å². The monoisotopic (exact) mass is 412 g/mol. The van der Waals surface area contributed by atoms with Crippen molar-refractivity contribution in [3.8, 4) is 0 Å². The number of carboxylic acids is 1. The molecular weight excluding hydrogens is 399 g/mol. The van der Waals surface area contributed by atoms with E-state index in [1.165, 1.54) is 0 Å². The summed E-state index contributed by atoms with van der Waals surface area (Å²) in [5, 5.41) is 9.75. The fraction of sp³-hybridized carbons (Fsp3) is 0.182. The second-order valence-corrected chi connectivity index (χ2v) is 3.51. The normalized spacial score (nSPS) is 12.1. The number of nitrogens with two attached hydrogens (primary N) is 1. The number of hydrogen-bond donors (Lipinski definition) is 3. The predicted molar refractivity (Wildman–Crippen MR) is 63.4 cm³/mol. The van der Waals surface area contributed by atoms with Crippen molar-refractivity contribution in [2.75, 3.05) is 0 Å². The van der Waals surface area contributed by atoms with Gasteiger partial charge in [-0.05, 0) is 11.6 Å². The van der Waals surface area contributed by atoms with E-state index in [0.717, 1.165) is 16.5 Å². The minimum atomic E-state index is -0.972. The third kappa shape index (κ3) is 2.62. The summed E-state index contributed by atoms with van der Waals surface area (Å²) in [5.74, 6) is -0.972. The summed E-state index contributed by atoms with van der Waals surface area (Å²) in [6.07, 6.45) is 2.16. The molecule has 0 fully saturated rings. The molecule has 82 valence electrons. The summed E-state index contributed by atoms with van der Waals surface area (Å²) in [6.45, 7) is 0. The number of aliphatic carboxylic acids is 1. The molecule has 1 aromatic carbocycles. The van der Waals surface area contributed by atoms with E-state index in [-0.39, 0.29) is 27.3 Å². The molecule has 5 heteroatoms. The van der Waals surface area contributed by atoms with Crippen LogP contribution >= 0.6 is 0 Å². The van der Waals surface area contributed by atoms with Crippen LogP contribution in [-0.4, -0.2) is 49.4 Å². The average Bonchev–Trinajstić information content (AvgIpc) is 2.62. The van der Waals surface area contributed by atoms with Crippen LogP contribution in [0.15, 0.2) is 30.5 Å². The number of aromatic amines is 1. The molecule has 2 aromatic rings. The van der Waals surface area contributed by atoms with E-state index >= 15 is 0 Å². The summed E-state index contributed by atoms with van der Waals surface area (Å²) in [7, 11) is 0. The Balaban J connectivity index is 0.00000128. The molecule has 0 amide bonds. The summed E-state index contributed by atoms with van der Waals surface area (Å²) in [6, 6.07) is 6.91.